The maximum atomic E-state index is 11.6. The second-order valence-corrected chi connectivity index (χ2v) is 4.53. The SMILES string of the molecule is CCNN(C(C)=O)c1ccc(C#Cc2ccccc2)cc1. The van der Waals surface area contributed by atoms with Crippen LogP contribution in [0.3, 0.4) is 0 Å². The number of hydrazine groups is 1. The van der Waals surface area contributed by atoms with Crippen LogP contribution in [0.1, 0.15) is 25.0 Å². The maximum absolute atomic E-state index is 11.6. The molecule has 0 unspecified atom stereocenters. The second-order valence-electron chi connectivity index (χ2n) is 4.53. The predicted molar refractivity (Wildman–Crippen MR) is 85.7 cm³/mol. The molecule has 0 radical (unpaired) electrons. The van der Waals surface area contributed by atoms with E-state index in [2.05, 4.69) is 17.3 Å². The number of anilines is 1. The summed E-state index contributed by atoms with van der Waals surface area (Å²) < 4.78 is 0. The third kappa shape index (κ3) is 4.20. The van der Waals surface area contributed by atoms with E-state index in [9.17, 15) is 4.79 Å². The summed E-state index contributed by atoms with van der Waals surface area (Å²) in [5.41, 5.74) is 5.74. The summed E-state index contributed by atoms with van der Waals surface area (Å²) in [7, 11) is 0. The second kappa shape index (κ2) is 7.28. The first-order valence-electron chi connectivity index (χ1n) is 6.92. The third-order valence-corrected chi connectivity index (χ3v) is 2.88. The van der Waals surface area contributed by atoms with Crippen molar-refractivity contribution in [1.29, 1.82) is 0 Å². The highest BCUT2D eigenvalue weighted by molar-refractivity contribution is 5.90. The number of benzene rings is 2. The van der Waals surface area contributed by atoms with Gasteiger partial charge in [0.25, 0.3) is 0 Å². The lowest BCUT2D eigenvalue weighted by Gasteiger charge is -2.21. The number of carbonyl (C=O) groups excluding carboxylic acids is 1. The van der Waals surface area contributed by atoms with Gasteiger partial charge in [-0.1, -0.05) is 37.0 Å². The average molecular weight is 278 g/mol. The van der Waals surface area contributed by atoms with E-state index >= 15 is 0 Å². The van der Waals surface area contributed by atoms with Gasteiger partial charge in [-0.2, -0.15) is 0 Å². The van der Waals surface area contributed by atoms with Crippen molar-refractivity contribution in [3.05, 3.63) is 65.7 Å². The molecule has 0 bridgehead atoms. The quantitative estimate of drug-likeness (QED) is 0.691. The van der Waals surface area contributed by atoms with E-state index in [-0.39, 0.29) is 5.91 Å². The van der Waals surface area contributed by atoms with E-state index in [0.717, 1.165) is 16.8 Å². The van der Waals surface area contributed by atoms with Crippen molar-refractivity contribution in [3.63, 3.8) is 0 Å². The molecule has 2 aromatic carbocycles. The van der Waals surface area contributed by atoms with Gasteiger partial charge >= 0.3 is 0 Å². The van der Waals surface area contributed by atoms with Gasteiger partial charge in [0, 0.05) is 24.6 Å². The Morgan fingerprint density at radius 2 is 1.57 bits per heavy atom. The first-order valence-corrected chi connectivity index (χ1v) is 6.92. The maximum Gasteiger partial charge on any atom is 0.238 e. The number of carbonyl (C=O) groups is 1. The molecule has 0 heterocycles. The minimum absolute atomic E-state index is 0.0417. The van der Waals surface area contributed by atoms with Crippen LogP contribution in [0.5, 0.6) is 0 Å². The first kappa shape index (κ1) is 14.8. The molecular formula is C18H18N2O. The molecule has 0 aliphatic carbocycles. The van der Waals surface area contributed by atoms with Gasteiger partial charge in [0.05, 0.1) is 5.69 Å². The molecule has 3 nitrogen and oxygen atoms in total. The molecule has 0 spiro atoms. The number of hydrogen-bond acceptors (Lipinski definition) is 2. The first-order chi connectivity index (χ1) is 10.2. The summed E-state index contributed by atoms with van der Waals surface area (Å²) in [4.78, 5) is 11.6. The summed E-state index contributed by atoms with van der Waals surface area (Å²) in [5, 5.41) is 1.54. The number of rotatable bonds is 3. The molecule has 2 aromatic rings. The predicted octanol–water partition coefficient (Wildman–Crippen LogP) is 2.96. The molecule has 0 fully saturated rings. The number of amides is 1. The molecule has 0 aliphatic rings. The molecule has 21 heavy (non-hydrogen) atoms. The molecule has 0 saturated heterocycles. The lowest BCUT2D eigenvalue weighted by molar-refractivity contribution is -0.117. The zero-order valence-electron chi connectivity index (χ0n) is 12.3. The van der Waals surface area contributed by atoms with Crippen molar-refractivity contribution >= 4 is 11.6 Å². The van der Waals surface area contributed by atoms with Gasteiger partial charge < -0.3 is 0 Å². The highest BCUT2D eigenvalue weighted by Crippen LogP contribution is 2.13. The summed E-state index contributed by atoms with van der Waals surface area (Å²) in [6, 6.07) is 17.5. The summed E-state index contributed by atoms with van der Waals surface area (Å²) in [6.45, 7) is 4.18. The van der Waals surface area contributed by atoms with Gasteiger partial charge in [-0.25, -0.2) is 10.4 Å². The Morgan fingerprint density at radius 1 is 1.00 bits per heavy atom. The molecule has 1 N–H and O–H groups in total. The Balaban J connectivity index is 2.16. The average Bonchev–Trinajstić information content (AvgIpc) is 2.52. The Hall–Kier alpha value is -2.57. The van der Waals surface area contributed by atoms with Crippen molar-refractivity contribution in [3.8, 4) is 11.8 Å². The fourth-order valence-electron chi connectivity index (χ4n) is 1.90. The van der Waals surface area contributed by atoms with E-state index < -0.39 is 0 Å². The summed E-state index contributed by atoms with van der Waals surface area (Å²) in [5.74, 6) is 6.18. The Kier molecular flexibility index (Phi) is 5.14. The lowest BCUT2D eigenvalue weighted by Crippen LogP contribution is -2.41. The number of nitrogens with one attached hydrogen (secondary N) is 1. The summed E-state index contributed by atoms with van der Waals surface area (Å²) in [6.07, 6.45) is 0. The molecule has 2 rings (SSSR count). The zero-order chi connectivity index (χ0) is 15.1. The minimum atomic E-state index is -0.0417. The van der Waals surface area contributed by atoms with Gasteiger partial charge in [-0.3, -0.25) is 4.79 Å². The highest BCUT2D eigenvalue weighted by Gasteiger charge is 2.09. The van der Waals surface area contributed by atoms with Gasteiger partial charge in [0.15, 0.2) is 0 Å². The van der Waals surface area contributed by atoms with E-state index in [4.69, 9.17) is 0 Å². The van der Waals surface area contributed by atoms with E-state index in [1.807, 2.05) is 61.5 Å². The Morgan fingerprint density at radius 3 is 2.10 bits per heavy atom. The van der Waals surface area contributed by atoms with Crippen LogP contribution in [0.15, 0.2) is 54.6 Å². The van der Waals surface area contributed by atoms with E-state index in [1.54, 1.807) is 0 Å². The fourth-order valence-corrected chi connectivity index (χ4v) is 1.90. The van der Waals surface area contributed by atoms with Crippen LogP contribution < -0.4 is 10.4 Å². The van der Waals surface area contributed by atoms with Crippen molar-refractivity contribution in [2.24, 2.45) is 0 Å². The minimum Gasteiger partial charge on any atom is -0.273 e. The van der Waals surface area contributed by atoms with Gasteiger partial charge in [0.2, 0.25) is 5.91 Å². The molecule has 106 valence electrons. The van der Waals surface area contributed by atoms with Crippen LogP contribution in [0.2, 0.25) is 0 Å². The van der Waals surface area contributed by atoms with E-state index in [1.165, 1.54) is 11.9 Å². The van der Waals surface area contributed by atoms with Crippen molar-refractivity contribution in [2.45, 2.75) is 13.8 Å². The third-order valence-electron chi connectivity index (χ3n) is 2.88. The monoisotopic (exact) mass is 278 g/mol. The summed E-state index contributed by atoms with van der Waals surface area (Å²) >= 11 is 0. The zero-order valence-corrected chi connectivity index (χ0v) is 12.3. The van der Waals surface area contributed by atoms with Crippen LogP contribution in [-0.2, 0) is 4.79 Å². The largest absolute Gasteiger partial charge is 0.273 e. The topological polar surface area (TPSA) is 32.3 Å². The van der Waals surface area contributed by atoms with Crippen LogP contribution >= 0.6 is 0 Å². The van der Waals surface area contributed by atoms with Crippen molar-refractivity contribution < 1.29 is 4.79 Å². The van der Waals surface area contributed by atoms with Crippen LogP contribution in [0.4, 0.5) is 5.69 Å². The molecule has 0 aromatic heterocycles. The number of nitrogens with zero attached hydrogens (tertiary/aromatic N) is 1. The molecule has 3 heteroatoms. The van der Waals surface area contributed by atoms with E-state index in [0.29, 0.717) is 6.54 Å². The Bertz CT molecular complexity index is 651. The normalized spacial score (nSPS) is 9.62. The highest BCUT2D eigenvalue weighted by atomic mass is 16.2. The standard InChI is InChI=1S/C18H18N2O/c1-3-19-20(15(2)21)18-13-11-17(12-14-18)10-9-16-7-5-4-6-8-16/h4-8,11-14,19H,3H2,1-2H3. The molecule has 0 saturated carbocycles. The van der Waals surface area contributed by atoms with Crippen molar-refractivity contribution in [1.82, 2.24) is 5.43 Å². The lowest BCUT2D eigenvalue weighted by atomic mass is 10.1. The van der Waals surface area contributed by atoms with Gasteiger partial charge in [-0.15, -0.1) is 0 Å². The fraction of sp³-hybridized carbons (Fsp3) is 0.167. The van der Waals surface area contributed by atoms with Gasteiger partial charge in [-0.05, 0) is 36.4 Å². The molecular weight excluding hydrogens is 260 g/mol. The van der Waals surface area contributed by atoms with Crippen LogP contribution in [0.25, 0.3) is 0 Å². The van der Waals surface area contributed by atoms with Gasteiger partial charge in [0.1, 0.15) is 0 Å². The van der Waals surface area contributed by atoms with Crippen LogP contribution in [0, 0.1) is 11.8 Å². The molecule has 0 atom stereocenters. The van der Waals surface area contributed by atoms with Crippen LogP contribution in [-0.4, -0.2) is 12.5 Å². The number of hydrogen-bond donors (Lipinski definition) is 1. The van der Waals surface area contributed by atoms with Crippen molar-refractivity contribution in [2.75, 3.05) is 11.6 Å². The smallest absolute Gasteiger partial charge is 0.238 e. The molecule has 1 amide bonds. The molecule has 0 aliphatic heterocycles. The Labute approximate surface area is 125 Å².